The molecule has 2 atom stereocenters. The second-order valence-corrected chi connectivity index (χ2v) is 10.9. The van der Waals surface area contributed by atoms with E-state index >= 15 is 0 Å². The van der Waals surface area contributed by atoms with Gasteiger partial charge in [0.1, 0.15) is 0 Å². The van der Waals surface area contributed by atoms with Crippen LogP contribution in [-0.2, 0) is 41.4 Å². The number of aryl methyl sites for hydroxylation is 2. The average molecular weight is 443 g/mol. The van der Waals surface area contributed by atoms with Crippen molar-refractivity contribution in [1.82, 2.24) is 19.6 Å². The fourth-order valence-electron chi connectivity index (χ4n) is 5.62. The number of rotatable bonds is 5. The van der Waals surface area contributed by atoms with Gasteiger partial charge in [0.05, 0.1) is 24.8 Å². The summed E-state index contributed by atoms with van der Waals surface area (Å²) in [5, 5.41) is 4.16. The molecule has 7 heteroatoms. The number of nitrogens with zero attached hydrogens (tertiary/aromatic N) is 4. The molecule has 0 saturated carbocycles. The number of ether oxygens (including phenoxy) is 1. The second-order valence-electron chi connectivity index (χ2n) is 9.66. The zero-order valence-corrected chi connectivity index (χ0v) is 19.8. The standard InChI is InChI=1S/C24H34N4O2S/c1-4-20-10-21-22(31-20)5-8-30-24(21)6-7-27(17(2)11-24)14-19-15-28(16-19)23(29)9-18-12-25-26(3)13-18/h10,12-13,17,19H,4-9,11,14-16H2,1-3H3/t17-,24+/m0/s1. The fourth-order valence-corrected chi connectivity index (χ4v) is 6.79. The number of aromatic nitrogens is 2. The van der Waals surface area contributed by atoms with Crippen molar-refractivity contribution in [2.45, 2.75) is 57.6 Å². The molecule has 6 nitrogen and oxygen atoms in total. The molecule has 0 radical (unpaired) electrons. The topological polar surface area (TPSA) is 50.6 Å². The highest BCUT2D eigenvalue weighted by atomic mass is 32.1. The highest BCUT2D eigenvalue weighted by molar-refractivity contribution is 7.12. The normalized spacial score (nSPS) is 26.8. The number of carbonyl (C=O) groups excluding carboxylic acids is 1. The summed E-state index contributed by atoms with van der Waals surface area (Å²) < 4.78 is 8.24. The molecule has 5 heterocycles. The van der Waals surface area contributed by atoms with Gasteiger partial charge in [0, 0.05) is 67.6 Å². The molecular weight excluding hydrogens is 408 g/mol. The third-order valence-electron chi connectivity index (χ3n) is 7.37. The van der Waals surface area contributed by atoms with Gasteiger partial charge < -0.3 is 14.5 Å². The van der Waals surface area contributed by atoms with E-state index in [1.165, 1.54) is 10.4 Å². The van der Waals surface area contributed by atoms with Crippen LogP contribution in [0.25, 0.3) is 0 Å². The maximum atomic E-state index is 12.5. The van der Waals surface area contributed by atoms with Crippen LogP contribution in [0.2, 0.25) is 0 Å². The molecule has 0 aromatic carbocycles. The third-order valence-corrected chi connectivity index (χ3v) is 8.71. The summed E-state index contributed by atoms with van der Waals surface area (Å²) in [5.74, 6) is 0.812. The molecule has 0 N–H and O–H groups in total. The van der Waals surface area contributed by atoms with Gasteiger partial charge >= 0.3 is 0 Å². The van der Waals surface area contributed by atoms with Gasteiger partial charge in [-0.15, -0.1) is 11.3 Å². The van der Waals surface area contributed by atoms with Crippen LogP contribution in [0.4, 0.5) is 0 Å². The Morgan fingerprint density at radius 1 is 1.39 bits per heavy atom. The lowest BCUT2D eigenvalue weighted by molar-refractivity contribution is -0.139. The molecule has 168 valence electrons. The average Bonchev–Trinajstić information content (AvgIpc) is 3.32. The molecule has 2 aromatic rings. The van der Waals surface area contributed by atoms with E-state index in [0.29, 0.717) is 18.4 Å². The maximum absolute atomic E-state index is 12.5. The molecule has 1 spiro atoms. The van der Waals surface area contributed by atoms with Crippen LogP contribution in [0.1, 0.15) is 47.6 Å². The van der Waals surface area contributed by atoms with Crippen molar-refractivity contribution >= 4 is 17.2 Å². The molecule has 2 aromatic heterocycles. The van der Waals surface area contributed by atoms with Gasteiger partial charge in [-0.3, -0.25) is 9.48 Å². The lowest BCUT2D eigenvalue weighted by Gasteiger charge is -2.49. The quantitative estimate of drug-likeness (QED) is 0.714. The summed E-state index contributed by atoms with van der Waals surface area (Å²) in [6.45, 7) is 9.41. The molecule has 5 rings (SSSR count). The van der Waals surface area contributed by atoms with Crippen LogP contribution >= 0.6 is 11.3 Å². The van der Waals surface area contributed by atoms with E-state index in [9.17, 15) is 4.79 Å². The van der Waals surface area contributed by atoms with Crippen molar-refractivity contribution < 1.29 is 9.53 Å². The first-order valence-corrected chi connectivity index (χ1v) is 12.5. The molecule has 0 bridgehead atoms. The van der Waals surface area contributed by atoms with Gasteiger partial charge in [-0.25, -0.2) is 0 Å². The molecule has 31 heavy (non-hydrogen) atoms. The summed E-state index contributed by atoms with van der Waals surface area (Å²) in [4.78, 5) is 20.2. The van der Waals surface area contributed by atoms with E-state index in [1.807, 2.05) is 29.5 Å². The monoisotopic (exact) mass is 442 g/mol. The Kier molecular flexibility index (Phi) is 5.69. The smallest absolute Gasteiger partial charge is 0.227 e. The predicted octanol–water partition coefficient (Wildman–Crippen LogP) is 3.00. The minimum absolute atomic E-state index is 0.0707. The third kappa shape index (κ3) is 4.08. The first-order chi connectivity index (χ1) is 15.0. The molecule has 3 aliphatic rings. The SMILES string of the molecule is CCc1cc2c(s1)CCO[C@@]21CCN(CC2CN(C(=O)Cc3cnn(C)c3)C2)[C@@H](C)C1. The fraction of sp³-hybridized carbons (Fsp3) is 0.667. The summed E-state index contributed by atoms with van der Waals surface area (Å²) in [5.41, 5.74) is 2.42. The lowest BCUT2D eigenvalue weighted by Crippen LogP contribution is -2.57. The Morgan fingerprint density at radius 3 is 2.94 bits per heavy atom. The Labute approximate surface area is 189 Å². The van der Waals surface area contributed by atoms with Crippen molar-refractivity contribution in [3.63, 3.8) is 0 Å². The number of carbonyl (C=O) groups is 1. The Bertz CT molecular complexity index is 947. The first-order valence-electron chi connectivity index (χ1n) is 11.7. The zero-order valence-electron chi connectivity index (χ0n) is 19.0. The van der Waals surface area contributed by atoms with Crippen molar-refractivity contribution in [1.29, 1.82) is 0 Å². The van der Waals surface area contributed by atoms with Crippen molar-refractivity contribution in [2.24, 2.45) is 13.0 Å². The van der Waals surface area contributed by atoms with Gasteiger partial charge in [0.15, 0.2) is 0 Å². The summed E-state index contributed by atoms with van der Waals surface area (Å²) in [7, 11) is 1.89. The number of fused-ring (bicyclic) bond motifs is 2. The number of piperidine rings is 1. The first kappa shape index (κ1) is 21.2. The zero-order chi connectivity index (χ0) is 21.6. The number of thiophene rings is 1. The maximum Gasteiger partial charge on any atom is 0.227 e. The van der Waals surface area contributed by atoms with Crippen LogP contribution in [0.5, 0.6) is 0 Å². The lowest BCUT2D eigenvalue weighted by atomic mass is 9.79. The predicted molar refractivity (Wildman–Crippen MR) is 122 cm³/mol. The Morgan fingerprint density at radius 2 is 2.23 bits per heavy atom. The Balaban J connectivity index is 1.14. The van der Waals surface area contributed by atoms with Crippen molar-refractivity contribution in [3.05, 3.63) is 39.3 Å². The summed E-state index contributed by atoms with van der Waals surface area (Å²) in [6.07, 6.45) is 8.53. The molecule has 1 amide bonds. The minimum Gasteiger partial charge on any atom is -0.370 e. The highest BCUT2D eigenvalue weighted by Gasteiger charge is 2.45. The van der Waals surface area contributed by atoms with Crippen LogP contribution in [-0.4, -0.2) is 64.3 Å². The van der Waals surface area contributed by atoms with Gasteiger partial charge in [-0.2, -0.15) is 5.10 Å². The van der Waals surface area contributed by atoms with Crippen LogP contribution in [0.3, 0.4) is 0 Å². The number of hydrogen-bond donors (Lipinski definition) is 0. The van der Waals surface area contributed by atoms with E-state index < -0.39 is 0 Å². The molecule has 0 aliphatic carbocycles. The molecule has 2 saturated heterocycles. The van der Waals surface area contributed by atoms with Crippen LogP contribution < -0.4 is 0 Å². The van der Waals surface area contributed by atoms with E-state index in [0.717, 1.165) is 64.0 Å². The summed E-state index contributed by atoms with van der Waals surface area (Å²) >= 11 is 2.00. The van der Waals surface area contributed by atoms with E-state index in [4.69, 9.17) is 4.74 Å². The molecular formula is C24H34N4O2S. The second kappa shape index (κ2) is 8.34. The van der Waals surface area contributed by atoms with E-state index in [2.05, 4.69) is 29.9 Å². The number of amides is 1. The van der Waals surface area contributed by atoms with E-state index in [-0.39, 0.29) is 11.5 Å². The van der Waals surface area contributed by atoms with Gasteiger partial charge in [-0.05, 0) is 43.4 Å². The van der Waals surface area contributed by atoms with Gasteiger partial charge in [-0.1, -0.05) is 6.92 Å². The van der Waals surface area contributed by atoms with E-state index in [1.54, 1.807) is 15.8 Å². The largest absolute Gasteiger partial charge is 0.370 e. The van der Waals surface area contributed by atoms with Crippen molar-refractivity contribution in [3.8, 4) is 0 Å². The highest BCUT2D eigenvalue weighted by Crippen LogP contribution is 2.46. The number of likely N-dealkylation sites (tertiary alicyclic amines) is 2. The minimum atomic E-state index is -0.0707. The van der Waals surface area contributed by atoms with Crippen molar-refractivity contribution in [2.75, 3.05) is 32.8 Å². The summed E-state index contributed by atoms with van der Waals surface area (Å²) in [6, 6.07) is 2.93. The Hall–Kier alpha value is -1.70. The number of hydrogen-bond acceptors (Lipinski definition) is 5. The molecule has 3 aliphatic heterocycles. The van der Waals surface area contributed by atoms with Gasteiger partial charge in [0.2, 0.25) is 5.91 Å². The van der Waals surface area contributed by atoms with Crippen LogP contribution in [0.15, 0.2) is 18.5 Å². The van der Waals surface area contributed by atoms with Crippen LogP contribution in [0, 0.1) is 5.92 Å². The molecule has 2 fully saturated rings. The molecule has 0 unspecified atom stereocenters. The van der Waals surface area contributed by atoms with Gasteiger partial charge in [0.25, 0.3) is 0 Å².